The molecule has 3 aromatic carbocycles. The van der Waals surface area contributed by atoms with Gasteiger partial charge in [0.15, 0.2) is 6.10 Å². The minimum atomic E-state index is -0.572. The molecule has 0 aliphatic carbocycles. The van der Waals surface area contributed by atoms with Gasteiger partial charge in [-0.25, -0.2) is 0 Å². The summed E-state index contributed by atoms with van der Waals surface area (Å²) in [5.41, 5.74) is 2.96. The number of hydrogen-bond acceptors (Lipinski definition) is 3. The van der Waals surface area contributed by atoms with Gasteiger partial charge >= 0.3 is 0 Å². The molecule has 3 rings (SSSR count). The minimum Gasteiger partial charge on any atom is -0.491 e. The molecular weight excluding hydrogens is 374 g/mol. The maximum Gasteiger partial charge on any atom is 0.265 e. The molecule has 0 spiro atoms. The lowest BCUT2D eigenvalue weighted by Gasteiger charge is -2.19. The Bertz CT molecular complexity index is 940. The molecule has 4 nitrogen and oxygen atoms in total. The van der Waals surface area contributed by atoms with Crippen molar-refractivity contribution >= 4 is 11.6 Å². The van der Waals surface area contributed by atoms with Crippen molar-refractivity contribution in [1.29, 1.82) is 0 Å². The third-order valence-electron chi connectivity index (χ3n) is 4.88. The van der Waals surface area contributed by atoms with E-state index in [-0.39, 0.29) is 5.91 Å². The van der Waals surface area contributed by atoms with Crippen molar-refractivity contribution in [2.24, 2.45) is 0 Å². The number of benzene rings is 3. The molecule has 1 N–H and O–H groups in total. The number of ether oxygens (including phenoxy) is 2. The lowest BCUT2D eigenvalue weighted by Crippen LogP contribution is -2.32. The molecule has 0 bridgehead atoms. The molecule has 30 heavy (non-hydrogen) atoms. The van der Waals surface area contributed by atoms with Crippen molar-refractivity contribution in [3.8, 4) is 11.5 Å². The number of rotatable bonds is 10. The number of hydrogen-bond donors (Lipinski definition) is 1. The molecule has 1 unspecified atom stereocenters. The Morgan fingerprint density at radius 2 is 1.57 bits per heavy atom. The predicted molar refractivity (Wildman–Crippen MR) is 121 cm³/mol. The fraction of sp³-hybridized carbons (Fsp3) is 0.269. The van der Waals surface area contributed by atoms with Crippen LogP contribution < -0.4 is 14.8 Å². The molecule has 0 aliphatic rings. The fourth-order valence-electron chi connectivity index (χ4n) is 3.18. The van der Waals surface area contributed by atoms with Gasteiger partial charge in [0.2, 0.25) is 0 Å². The minimum absolute atomic E-state index is 0.180. The topological polar surface area (TPSA) is 47.6 Å². The van der Waals surface area contributed by atoms with Crippen molar-refractivity contribution in [3.05, 3.63) is 90.0 Å². The number of carbonyl (C=O) groups excluding carboxylic acids is 1. The highest BCUT2D eigenvalue weighted by Gasteiger charge is 2.20. The van der Waals surface area contributed by atoms with Gasteiger partial charge in [0, 0.05) is 0 Å². The van der Waals surface area contributed by atoms with E-state index in [0.29, 0.717) is 24.5 Å². The monoisotopic (exact) mass is 403 g/mol. The smallest absolute Gasteiger partial charge is 0.265 e. The van der Waals surface area contributed by atoms with Crippen molar-refractivity contribution in [3.63, 3.8) is 0 Å². The third-order valence-corrected chi connectivity index (χ3v) is 4.88. The average Bonchev–Trinajstić information content (AvgIpc) is 2.78. The van der Waals surface area contributed by atoms with Gasteiger partial charge in [0.1, 0.15) is 11.5 Å². The molecule has 3 aromatic rings. The second-order valence-electron chi connectivity index (χ2n) is 7.20. The van der Waals surface area contributed by atoms with Crippen LogP contribution in [-0.2, 0) is 11.2 Å². The number of carbonyl (C=O) groups is 1. The molecular formula is C26H29NO3. The Kier molecular flexibility index (Phi) is 7.90. The van der Waals surface area contributed by atoms with E-state index in [1.54, 1.807) is 0 Å². The summed E-state index contributed by atoms with van der Waals surface area (Å²) in [7, 11) is 0. The number of amides is 1. The Morgan fingerprint density at radius 1 is 0.900 bits per heavy atom. The van der Waals surface area contributed by atoms with Crippen LogP contribution in [0, 0.1) is 6.92 Å². The fourth-order valence-corrected chi connectivity index (χ4v) is 3.18. The molecule has 0 fully saturated rings. The maximum atomic E-state index is 12.8. The van der Waals surface area contributed by atoms with Crippen LogP contribution in [0.15, 0.2) is 78.9 Å². The van der Waals surface area contributed by atoms with E-state index in [9.17, 15) is 4.79 Å². The van der Waals surface area contributed by atoms with Gasteiger partial charge in [-0.2, -0.15) is 0 Å². The zero-order valence-corrected chi connectivity index (χ0v) is 17.6. The van der Waals surface area contributed by atoms with Crippen LogP contribution in [0.1, 0.15) is 30.9 Å². The number of aryl methyl sites for hydroxylation is 2. The van der Waals surface area contributed by atoms with Crippen molar-refractivity contribution in [2.75, 3.05) is 11.9 Å². The van der Waals surface area contributed by atoms with Crippen molar-refractivity contribution < 1.29 is 14.3 Å². The Morgan fingerprint density at radius 3 is 2.30 bits per heavy atom. The molecule has 1 atom stereocenters. The number of anilines is 1. The summed E-state index contributed by atoms with van der Waals surface area (Å²) in [5.74, 6) is 1.22. The highest BCUT2D eigenvalue weighted by atomic mass is 16.5. The lowest BCUT2D eigenvalue weighted by molar-refractivity contribution is -0.122. The largest absolute Gasteiger partial charge is 0.491 e. The summed E-state index contributed by atoms with van der Waals surface area (Å²) in [5, 5.41) is 2.97. The zero-order chi connectivity index (χ0) is 21.2. The van der Waals surface area contributed by atoms with Gasteiger partial charge < -0.3 is 14.8 Å². The third kappa shape index (κ3) is 6.11. The van der Waals surface area contributed by atoms with Crippen molar-refractivity contribution in [2.45, 2.75) is 39.2 Å². The summed E-state index contributed by atoms with van der Waals surface area (Å²) in [6, 6.07) is 25.6. The van der Waals surface area contributed by atoms with Gasteiger partial charge in [-0.05, 0) is 55.5 Å². The Balaban J connectivity index is 1.57. The van der Waals surface area contributed by atoms with Gasteiger partial charge in [-0.15, -0.1) is 0 Å². The van der Waals surface area contributed by atoms with Crippen molar-refractivity contribution in [1.82, 2.24) is 0 Å². The maximum absolute atomic E-state index is 12.8. The first-order chi connectivity index (χ1) is 14.7. The molecule has 0 radical (unpaired) electrons. The van der Waals surface area contributed by atoms with Crippen LogP contribution in [0.5, 0.6) is 11.5 Å². The summed E-state index contributed by atoms with van der Waals surface area (Å²) < 4.78 is 11.9. The van der Waals surface area contributed by atoms with E-state index in [2.05, 4.69) is 17.4 Å². The first kappa shape index (κ1) is 21.4. The SMILES string of the molecule is CCC(Oc1ccccc1C)C(=O)Nc1ccccc1OCCCc1ccccc1. The first-order valence-corrected chi connectivity index (χ1v) is 10.5. The van der Waals surface area contributed by atoms with Crippen LogP contribution >= 0.6 is 0 Å². The number of para-hydroxylation sites is 3. The molecule has 0 heterocycles. The van der Waals surface area contributed by atoms with Crippen LogP contribution in [0.25, 0.3) is 0 Å². The van der Waals surface area contributed by atoms with Crippen LogP contribution in [0.2, 0.25) is 0 Å². The van der Waals surface area contributed by atoms with E-state index < -0.39 is 6.10 Å². The highest BCUT2D eigenvalue weighted by molar-refractivity contribution is 5.95. The predicted octanol–water partition coefficient (Wildman–Crippen LogP) is 5.80. The Labute approximate surface area is 178 Å². The van der Waals surface area contributed by atoms with Gasteiger partial charge in [0.05, 0.1) is 12.3 Å². The van der Waals surface area contributed by atoms with E-state index in [0.717, 1.165) is 24.2 Å². The van der Waals surface area contributed by atoms with Crippen LogP contribution in [0.3, 0.4) is 0 Å². The standard InChI is InChI=1S/C26H29NO3/c1-3-23(30-24-17-9-7-12-20(24)2)26(28)27-22-16-8-10-18-25(22)29-19-11-15-21-13-5-4-6-14-21/h4-10,12-14,16-18,23H,3,11,15,19H2,1-2H3,(H,27,28). The van der Waals surface area contributed by atoms with E-state index >= 15 is 0 Å². The summed E-state index contributed by atoms with van der Waals surface area (Å²) >= 11 is 0. The molecule has 4 heteroatoms. The van der Waals surface area contributed by atoms with E-state index in [1.165, 1.54) is 5.56 Å². The molecule has 0 saturated heterocycles. The summed E-state index contributed by atoms with van der Waals surface area (Å²) in [4.78, 5) is 12.8. The zero-order valence-electron chi connectivity index (χ0n) is 17.6. The summed E-state index contributed by atoms with van der Waals surface area (Å²) in [6.45, 7) is 4.49. The van der Waals surface area contributed by atoms with Crippen LogP contribution in [0.4, 0.5) is 5.69 Å². The van der Waals surface area contributed by atoms with Crippen LogP contribution in [-0.4, -0.2) is 18.6 Å². The highest BCUT2D eigenvalue weighted by Crippen LogP contribution is 2.25. The van der Waals surface area contributed by atoms with Gasteiger partial charge in [-0.3, -0.25) is 4.79 Å². The average molecular weight is 404 g/mol. The molecule has 0 saturated carbocycles. The van der Waals surface area contributed by atoms with Gasteiger partial charge in [0.25, 0.3) is 5.91 Å². The lowest BCUT2D eigenvalue weighted by atomic mass is 10.1. The second kappa shape index (κ2) is 11.1. The van der Waals surface area contributed by atoms with Gasteiger partial charge in [-0.1, -0.05) is 67.6 Å². The molecule has 0 aliphatic heterocycles. The van der Waals surface area contributed by atoms with E-state index in [4.69, 9.17) is 9.47 Å². The first-order valence-electron chi connectivity index (χ1n) is 10.5. The molecule has 156 valence electrons. The molecule has 0 aromatic heterocycles. The second-order valence-corrected chi connectivity index (χ2v) is 7.20. The van der Waals surface area contributed by atoms with E-state index in [1.807, 2.05) is 80.6 Å². The quantitative estimate of drug-likeness (QED) is 0.435. The Hall–Kier alpha value is -3.27. The normalized spacial score (nSPS) is 11.5. The summed E-state index contributed by atoms with van der Waals surface area (Å²) in [6.07, 6.45) is 1.86. The molecule has 1 amide bonds. The number of nitrogens with one attached hydrogen (secondary N) is 1.